The van der Waals surface area contributed by atoms with E-state index in [-0.39, 0.29) is 0 Å². The minimum absolute atomic E-state index is 0.391. The van der Waals surface area contributed by atoms with Crippen molar-refractivity contribution in [2.75, 3.05) is 0 Å². The van der Waals surface area contributed by atoms with Crippen molar-refractivity contribution in [1.29, 1.82) is 0 Å². The smallest absolute Gasteiger partial charge is 0.237 e. The van der Waals surface area contributed by atoms with E-state index >= 15 is 0 Å². The molecule has 1 atom stereocenters. The van der Waals surface area contributed by atoms with Crippen molar-refractivity contribution in [3.63, 3.8) is 0 Å². The molecule has 0 amide bonds. The molecule has 1 heterocycles. The Labute approximate surface area is 67.8 Å². The topological polar surface area (TPSA) is 8.81 Å². The van der Waals surface area contributed by atoms with Crippen LogP contribution in [0.25, 0.3) is 0 Å². The molecule has 0 saturated heterocycles. The highest BCUT2D eigenvalue weighted by atomic mass is 15.1. The molecule has 1 unspecified atom stereocenters. The zero-order valence-corrected chi connectivity index (χ0v) is 7.20. The van der Waals surface area contributed by atoms with E-state index in [0.29, 0.717) is 6.04 Å². The Morgan fingerprint density at radius 1 is 1.73 bits per heavy atom. The van der Waals surface area contributed by atoms with Gasteiger partial charge in [0.1, 0.15) is 18.4 Å². The Hall–Kier alpha value is -1.05. The maximum Gasteiger partial charge on any atom is 0.244 e. The fraction of sp³-hybridized carbons (Fsp3) is 0.444. The molecule has 1 rings (SSSR count). The first kappa shape index (κ1) is 8.05. The molecular formula is C9H15N2+. The summed E-state index contributed by atoms with van der Waals surface area (Å²) in [6.07, 6.45) is 8.15. The molecule has 0 N–H and O–H groups in total. The fourth-order valence-corrected chi connectivity index (χ4v) is 0.961. The summed E-state index contributed by atoms with van der Waals surface area (Å²) in [5.41, 5.74) is 0. The lowest BCUT2D eigenvalue weighted by Crippen LogP contribution is -2.29. The average Bonchev–Trinajstić information content (AvgIpc) is 2.50. The molecule has 60 valence electrons. The van der Waals surface area contributed by atoms with Crippen molar-refractivity contribution in [3.8, 4) is 0 Å². The summed E-state index contributed by atoms with van der Waals surface area (Å²) in [5, 5.41) is 0. The molecule has 2 heteroatoms. The number of rotatable bonds is 3. The van der Waals surface area contributed by atoms with Crippen LogP contribution in [0.3, 0.4) is 0 Å². The van der Waals surface area contributed by atoms with Gasteiger partial charge in [0.05, 0.1) is 6.54 Å². The van der Waals surface area contributed by atoms with Crippen LogP contribution in [0.1, 0.15) is 19.9 Å². The molecule has 0 saturated carbocycles. The third kappa shape index (κ3) is 1.70. The van der Waals surface area contributed by atoms with Gasteiger partial charge < -0.3 is 0 Å². The van der Waals surface area contributed by atoms with Crippen LogP contribution in [0, 0.1) is 0 Å². The number of allylic oxidation sites excluding steroid dienone is 1. The average molecular weight is 151 g/mol. The van der Waals surface area contributed by atoms with E-state index in [4.69, 9.17) is 0 Å². The van der Waals surface area contributed by atoms with Gasteiger partial charge in [0.15, 0.2) is 0 Å². The normalized spacial score (nSPS) is 12.9. The van der Waals surface area contributed by atoms with Gasteiger partial charge in [0, 0.05) is 0 Å². The Morgan fingerprint density at radius 3 is 2.91 bits per heavy atom. The SMILES string of the molecule is C=CC(C)n1cc[n+](CC)c1. The molecular weight excluding hydrogens is 136 g/mol. The first-order chi connectivity index (χ1) is 5.27. The summed E-state index contributed by atoms with van der Waals surface area (Å²) in [4.78, 5) is 0. The summed E-state index contributed by atoms with van der Waals surface area (Å²) in [7, 11) is 0. The van der Waals surface area contributed by atoms with E-state index in [9.17, 15) is 0 Å². The molecule has 0 aliphatic carbocycles. The number of hydrogen-bond donors (Lipinski definition) is 0. The molecule has 0 fully saturated rings. The van der Waals surface area contributed by atoms with Gasteiger partial charge in [0.2, 0.25) is 6.33 Å². The second-order valence-electron chi connectivity index (χ2n) is 2.67. The lowest BCUT2D eigenvalue weighted by Gasteiger charge is -1.98. The first-order valence-electron chi connectivity index (χ1n) is 3.97. The van der Waals surface area contributed by atoms with Gasteiger partial charge in [-0.2, -0.15) is 0 Å². The highest BCUT2D eigenvalue weighted by Gasteiger charge is 2.05. The predicted octanol–water partition coefficient (Wildman–Crippen LogP) is 1.54. The summed E-state index contributed by atoms with van der Waals surface area (Å²) in [6, 6.07) is 0.391. The standard InChI is InChI=1S/C9H15N2/c1-4-9(3)11-7-6-10(5-2)8-11/h4,6-9H,1,5H2,2-3H3/q+1. The van der Waals surface area contributed by atoms with Crippen LogP contribution in [0.4, 0.5) is 0 Å². The molecule has 0 aliphatic heterocycles. The number of hydrogen-bond acceptors (Lipinski definition) is 0. The quantitative estimate of drug-likeness (QED) is 0.458. The molecule has 0 aromatic carbocycles. The van der Waals surface area contributed by atoms with Gasteiger partial charge in [-0.15, -0.1) is 0 Å². The van der Waals surface area contributed by atoms with E-state index in [2.05, 4.69) is 48.3 Å². The summed E-state index contributed by atoms with van der Waals surface area (Å²) in [6.45, 7) is 9.01. The summed E-state index contributed by atoms with van der Waals surface area (Å²) in [5.74, 6) is 0. The van der Waals surface area contributed by atoms with Crippen molar-refractivity contribution >= 4 is 0 Å². The van der Waals surface area contributed by atoms with Gasteiger partial charge in [-0.25, -0.2) is 9.13 Å². The molecule has 0 spiro atoms. The third-order valence-corrected chi connectivity index (χ3v) is 1.89. The highest BCUT2D eigenvalue weighted by molar-refractivity contribution is 4.84. The summed E-state index contributed by atoms with van der Waals surface area (Å²) < 4.78 is 4.27. The van der Waals surface area contributed by atoms with Crippen molar-refractivity contribution in [1.82, 2.24) is 4.57 Å². The van der Waals surface area contributed by atoms with Crippen molar-refractivity contribution < 1.29 is 4.57 Å². The molecule has 1 aromatic heterocycles. The third-order valence-electron chi connectivity index (χ3n) is 1.89. The Balaban J connectivity index is 2.79. The van der Waals surface area contributed by atoms with Gasteiger partial charge >= 0.3 is 0 Å². The molecule has 0 radical (unpaired) electrons. The van der Waals surface area contributed by atoms with E-state index in [1.165, 1.54) is 0 Å². The molecule has 0 bridgehead atoms. The van der Waals surface area contributed by atoms with Crippen molar-refractivity contribution in [3.05, 3.63) is 31.4 Å². The fourth-order valence-electron chi connectivity index (χ4n) is 0.961. The maximum absolute atomic E-state index is 3.74. The lowest BCUT2D eigenvalue weighted by atomic mass is 10.3. The first-order valence-corrected chi connectivity index (χ1v) is 3.97. The van der Waals surface area contributed by atoms with Crippen LogP contribution in [0.15, 0.2) is 31.4 Å². The number of nitrogens with zero attached hydrogens (tertiary/aromatic N) is 2. The zero-order valence-electron chi connectivity index (χ0n) is 7.20. The number of aryl methyl sites for hydroxylation is 1. The van der Waals surface area contributed by atoms with Gasteiger partial charge in [0.25, 0.3) is 0 Å². The monoisotopic (exact) mass is 151 g/mol. The second kappa shape index (κ2) is 3.37. The molecule has 2 nitrogen and oxygen atoms in total. The molecule has 11 heavy (non-hydrogen) atoms. The van der Waals surface area contributed by atoms with Crippen molar-refractivity contribution in [2.24, 2.45) is 0 Å². The van der Waals surface area contributed by atoms with Gasteiger partial charge in [-0.1, -0.05) is 6.58 Å². The van der Waals surface area contributed by atoms with Crippen molar-refractivity contribution in [2.45, 2.75) is 26.4 Å². The lowest BCUT2D eigenvalue weighted by molar-refractivity contribution is -0.693. The predicted molar refractivity (Wildman–Crippen MR) is 45.2 cm³/mol. The van der Waals surface area contributed by atoms with Gasteiger partial charge in [-0.3, -0.25) is 0 Å². The number of aromatic nitrogens is 2. The minimum atomic E-state index is 0.391. The van der Waals surface area contributed by atoms with Crippen LogP contribution < -0.4 is 4.57 Å². The Kier molecular flexibility index (Phi) is 2.47. The van der Waals surface area contributed by atoms with E-state index < -0.39 is 0 Å². The van der Waals surface area contributed by atoms with Crippen LogP contribution in [0.5, 0.6) is 0 Å². The van der Waals surface area contributed by atoms with E-state index in [0.717, 1.165) is 6.54 Å². The van der Waals surface area contributed by atoms with E-state index in [1.807, 2.05) is 6.08 Å². The van der Waals surface area contributed by atoms with Gasteiger partial charge in [-0.05, 0) is 19.9 Å². The summed E-state index contributed by atoms with van der Waals surface area (Å²) >= 11 is 0. The van der Waals surface area contributed by atoms with Crippen LogP contribution in [-0.4, -0.2) is 4.57 Å². The minimum Gasteiger partial charge on any atom is -0.237 e. The van der Waals surface area contributed by atoms with Crippen LogP contribution in [-0.2, 0) is 6.54 Å². The van der Waals surface area contributed by atoms with Crippen LogP contribution >= 0.6 is 0 Å². The Bertz CT molecular complexity index is 237. The molecule has 1 aromatic rings. The van der Waals surface area contributed by atoms with Crippen LogP contribution in [0.2, 0.25) is 0 Å². The maximum atomic E-state index is 3.74. The highest BCUT2D eigenvalue weighted by Crippen LogP contribution is 2.02. The Morgan fingerprint density at radius 2 is 2.45 bits per heavy atom. The second-order valence-corrected chi connectivity index (χ2v) is 2.67. The molecule has 0 aliphatic rings. The number of imidazole rings is 1. The largest absolute Gasteiger partial charge is 0.244 e. The van der Waals surface area contributed by atoms with E-state index in [1.54, 1.807) is 0 Å². The zero-order chi connectivity index (χ0) is 8.27.